The van der Waals surface area contributed by atoms with Gasteiger partial charge in [0.15, 0.2) is 0 Å². The molecule has 1 aliphatic rings. The van der Waals surface area contributed by atoms with Crippen LogP contribution in [0.1, 0.15) is 6.42 Å². The smallest absolute Gasteiger partial charge is 0.0762 e. The number of nitrogens with zero attached hydrogens (tertiary/aromatic N) is 1. The summed E-state index contributed by atoms with van der Waals surface area (Å²) in [6.45, 7) is 0.549. The fraction of sp³-hybridized carbons (Fsp3) is 0.600. The monoisotopic (exact) mass is 111 g/mol. The molecule has 0 radical (unpaired) electrons. The zero-order valence-corrected chi connectivity index (χ0v) is 4.59. The van der Waals surface area contributed by atoms with Crippen molar-refractivity contribution in [3.05, 3.63) is 0 Å². The van der Waals surface area contributed by atoms with Crippen LogP contribution in [0, 0.1) is 5.41 Å². The fourth-order valence-electron chi connectivity index (χ4n) is 0.700. The van der Waals surface area contributed by atoms with Gasteiger partial charge in [-0.15, -0.1) is 0 Å². The van der Waals surface area contributed by atoms with Crippen molar-refractivity contribution in [1.82, 2.24) is 0 Å². The lowest BCUT2D eigenvalue weighted by atomic mass is 10.1. The van der Waals surface area contributed by atoms with Crippen molar-refractivity contribution in [1.29, 1.82) is 5.41 Å². The highest BCUT2D eigenvalue weighted by Gasteiger charge is 2.06. The van der Waals surface area contributed by atoms with Gasteiger partial charge in [0.05, 0.1) is 6.54 Å². The molecule has 0 spiro atoms. The molecule has 0 aromatic carbocycles. The number of hydrogen-bond donors (Lipinski definition) is 2. The van der Waals surface area contributed by atoms with Gasteiger partial charge >= 0.3 is 0 Å². The summed E-state index contributed by atoms with van der Waals surface area (Å²) in [6.07, 6.45) is 2.39. The van der Waals surface area contributed by atoms with E-state index in [-0.39, 0.29) is 6.04 Å². The first kappa shape index (κ1) is 5.44. The zero-order chi connectivity index (χ0) is 5.98. The van der Waals surface area contributed by atoms with Crippen molar-refractivity contribution < 1.29 is 0 Å². The van der Waals surface area contributed by atoms with Crippen LogP contribution in [0.5, 0.6) is 0 Å². The molecule has 1 unspecified atom stereocenters. The molecule has 44 valence electrons. The predicted octanol–water partition coefficient (Wildman–Crippen LogP) is -0.192. The highest BCUT2D eigenvalue weighted by Crippen LogP contribution is 1.94. The maximum Gasteiger partial charge on any atom is 0.0762 e. The maximum absolute atomic E-state index is 7.13. The third kappa shape index (κ3) is 1.13. The quantitative estimate of drug-likeness (QED) is 0.447. The molecule has 0 saturated carbocycles. The number of nitrogens with one attached hydrogen (secondary N) is 1. The van der Waals surface area contributed by atoms with E-state index in [2.05, 4.69) is 4.99 Å². The van der Waals surface area contributed by atoms with Gasteiger partial charge in [-0.25, -0.2) is 0 Å². The Bertz CT molecular complexity index is 128. The molecule has 0 aromatic heterocycles. The summed E-state index contributed by atoms with van der Waals surface area (Å²) in [5.74, 6) is 0. The molecule has 3 heteroatoms. The van der Waals surface area contributed by atoms with E-state index in [1.807, 2.05) is 0 Å². The van der Waals surface area contributed by atoms with Crippen molar-refractivity contribution in [2.45, 2.75) is 12.5 Å². The first-order chi connectivity index (χ1) is 3.79. The second-order valence-electron chi connectivity index (χ2n) is 1.96. The Hall–Kier alpha value is -0.700. The second kappa shape index (κ2) is 2.05. The van der Waals surface area contributed by atoms with E-state index < -0.39 is 0 Å². The van der Waals surface area contributed by atoms with Gasteiger partial charge in [0.2, 0.25) is 0 Å². The van der Waals surface area contributed by atoms with Crippen LogP contribution >= 0.6 is 0 Å². The summed E-state index contributed by atoms with van der Waals surface area (Å²) in [6, 6.07) is -0.00347. The summed E-state index contributed by atoms with van der Waals surface area (Å²) in [4.78, 5) is 3.86. The Morgan fingerprint density at radius 2 is 2.62 bits per heavy atom. The van der Waals surface area contributed by atoms with E-state index in [9.17, 15) is 0 Å². The highest BCUT2D eigenvalue weighted by atomic mass is 14.8. The molecule has 0 fully saturated rings. The highest BCUT2D eigenvalue weighted by molar-refractivity contribution is 5.90. The van der Waals surface area contributed by atoms with Crippen LogP contribution in [-0.4, -0.2) is 24.5 Å². The molecule has 0 aromatic rings. The van der Waals surface area contributed by atoms with E-state index in [0.717, 1.165) is 0 Å². The lowest BCUT2D eigenvalue weighted by Crippen LogP contribution is -2.29. The van der Waals surface area contributed by atoms with Crippen LogP contribution in [0.4, 0.5) is 0 Å². The third-order valence-corrected chi connectivity index (χ3v) is 1.06. The molecule has 8 heavy (non-hydrogen) atoms. The Labute approximate surface area is 48.1 Å². The Morgan fingerprint density at radius 1 is 1.88 bits per heavy atom. The molecule has 0 bridgehead atoms. The first-order valence-corrected chi connectivity index (χ1v) is 2.61. The van der Waals surface area contributed by atoms with Gasteiger partial charge in [-0.2, -0.15) is 0 Å². The topological polar surface area (TPSA) is 62.2 Å². The zero-order valence-electron chi connectivity index (χ0n) is 4.59. The summed E-state index contributed by atoms with van der Waals surface area (Å²) in [5.41, 5.74) is 6.07. The van der Waals surface area contributed by atoms with E-state index in [0.29, 0.717) is 18.7 Å². The lowest BCUT2D eigenvalue weighted by molar-refractivity contribution is 0.877. The maximum atomic E-state index is 7.13. The molecule has 1 rings (SSSR count). The summed E-state index contributed by atoms with van der Waals surface area (Å²) >= 11 is 0. The lowest BCUT2D eigenvalue weighted by Gasteiger charge is -2.09. The van der Waals surface area contributed by atoms with Crippen molar-refractivity contribution >= 4 is 11.9 Å². The van der Waals surface area contributed by atoms with E-state index in [1.54, 1.807) is 6.21 Å². The average Bonchev–Trinajstić information content (AvgIpc) is 1.64. The molecule has 1 heterocycles. The van der Waals surface area contributed by atoms with Gasteiger partial charge < -0.3 is 11.1 Å². The van der Waals surface area contributed by atoms with Crippen molar-refractivity contribution in [2.24, 2.45) is 10.7 Å². The van der Waals surface area contributed by atoms with Crippen LogP contribution in [0.15, 0.2) is 4.99 Å². The summed E-state index contributed by atoms with van der Waals surface area (Å²) in [5, 5.41) is 7.13. The minimum atomic E-state index is -0.00347. The average molecular weight is 111 g/mol. The second-order valence-corrected chi connectivity index (χ2v) is 1.96. The molecule has 0 saturated heterocycles. The van der Waals surface area contributed by atoms with Gasteiger partial charge in [-0.3, -0.25) is 4.99 Å². The molecular weight excluding hydrogens is 102 g/mol. The SMILES string of the molecule is N=C1CN=CC(N)C1. The molecular formula is C5H9N3. The number of hydrogen-bond acceptors (Lipinski definition) is 3. The summed E-state index contributed by atoms with van der Waals surface area (Å²) in [7, 11) is 0. The number of nitrogens with two attached hydrogens (primary N) is 1. The van der Waals surface area contributed by atoms with Crippen LogP contribution in [-0.2, 0) is 0 Å². The largest absolute Gasteiger partial charge is 0.323 e. The Morgan fingerprint density at radius 3 is 3.00 bits per heavy atom. The standard InChI is InChI=1S/C5H9N3/c6-4-1-5(7)3-8-2-4/h2,4,7H,1,3,6H2. The molecule has 1 atom stereocenters. The molecule has 3 nitrogen and oxygen atoms in total. The minimum Gasteiger partial charge on any atom is -0.323 e. The Kier molecular flexibility index (Phi) is 1.39. The predicted molar refractivity (Wildman–Crippen MR) is 33.7 cm³/mol. The summed E-state index contributed by atoms with van der Waals surface area (Å²) < 4.78 is 0. The molecule has 0 amide bonds. The fourth-order valence-corrected chi connectivity index (χ4v) is 0.700. The number of aliphatic imine (C=N–C) groups is 1. The van der Waals surface area contributed by atoms with Crippen LogP contribution in [0.25, 0.3) is 0 Å². The van der Waals surface area contributed by atoms with Crippen LogP contribution in [0.2, 0.25) is 0 Å². The van der Waals surface area contributed by atoms with E-state index in [1.165, 1.54) is 0 Å². The molecule has 3 N–H and O–H groups in total. The van der Waals surface area contributed by atoms with Crippen molar-refractivity contribution in [3.63, 3.8) is 0 Å². The van der Waals surface area contributed by atoms with Crippen LogP contribution < -0.4 is 5.73 Å². The van der Waals surface area contributed by atoms with Crippen LogP contribution in [0.3, 0.4) is 0 Å². The van der Waals surface area contributed by atoms with Crippen molar-refractivity contribution in [2.75, 3.05) is 6.54 Å². The minimum absolute atomic E-state index is 0.00347. The van der Waals surface area contributed by atoms with E-state index >= 15 is 0 Å². The Balaban J connectivity index is 2.54. The van der Waals surface area contributed by atoms with Gasteiger partial charge in [-0.05, 0) is 0 Å². The normalized spacial score (nSPS) is 28.6. The molecule has 0 aliphatic carbocycles. The van der Waals surface area contributed by atoms with Crippen molar-refractivity contribution in [3.8, 4) is 0 Å². The van der Waals surface area contributed by atoms with Gasteiger partial charge in [0, 0.05) is 24.4 Å². The van der Waals surface area contributed by atoms with Gasteiger partial charge in [-0.1, -0.05) is 0 Å². The third-order valence-electron chi connectivity index (χ3n) is 1.06. The van der Waals surface area contributed by atoms with Gasteiger partial charge in [0.1, 0.15) is 0 Å². The van der Waals surface area contributed by atoms with Gasteiger partial charge in [0.25, 0.3) is 0 Å². The van der Waals surface area contributed by atoms with E-state index in [4.69, 9.17) is 11.1 Å². The first-order valence-electron chi connectivity index (χ1n) is 2.61. The number of rotatable bonds is 0. The molecule has 1 aliphatic heterocycles.